The van der Waals surface area contributed by atoms with Gasteiger partial charge in [0, 0.05) is 25.3 Å². The lowest BCUT2D eigenvalue weighted by Crippen LogP contribution is -2.30. The summed E-state index contributed by atoms with van der Waals surface area (Å²) in [6.07, 6.45) is 3.58. The summed E-state index contributed by atoms with van der Waals surface area (Å²) in [6.45, 7) is 6.27. The van der Waals surface area contributed by atoms with Crippen molar-refractivity contribution in [2.24, 2.45) is 0 Å². The van der Waals surface area contributed by atoms with E-state index in [0.717, 1.165) is 29.9 Å². The lowest BCUT2D eigenvalue weighted by atomic mass is 10.3. The molecule has 0 amide bonds. The Morgan fingerprint density at radius 1 is 1.44 bits per heavy atom. The number of halogens is 1. The van der Waals surface area contributed by atoms with Gasteiger partial charge in [-0.05, 0) is 27.0 Å². The van der Waals surface area contributed by atoms with E-state index in [1.54, 1.807) is 12.4 Å². The first-order valence-electron chi connectivity index (χ1n) is 6.18. The molecule has 0 fully saturated rings. The quantitative estimate of drug-likeness (QED) is 0.780. The highest BCUT2D eigenvalue weighted by Crippen LogP contribution is 2.16. The molecule has 0 aliphatic carbocycles. The third kappa shape index (κ3) is 2.65. The summed E-state index contributed by atoms with van der Waals surface area (Å²) in [4.78, 5) is 10.9. The molecule has 0 saturated carbocycles. The Bertz CT molecular complexity index is 521. The van der Waals surface area contributed by atoms with Crippen molar-refractivity contribution in [1.82, 2.24) is 19.4 Å². The van der Waals surface area contributed by atoms with E-state index in [4.69, 9.17) is 11.6 Å². The van der Waals surface area contributed by atoms with Gasteiger partial charge in [0.25, 0.3) is 0 Å². The first-order chi connectivity index (χ1) is 8.63. The molecular formula is C13H19ClN4. The van der Waals surface area contributed by atoms with E-state index < -0.39 is 0 Å². The van der Waals surface area contributed by atoms with Gasteiger partial charge in [-0.1, -0.05) is 0 Å². The zero-order valence-corrected chi connectivity index (χ0v) is 11.9. The van der Waals surface area contributed by atoms with Crippen molar-refractivity contribution in [1.29, 1.82) is 0 Å². The van der Waals surface area contributed by atoms with Crippen LogP contribution in [0.1, 0.15) is 19.7 Å². The highest BCUT2D eigenvalue weighted by molar-refractivity contribution is 6.16. The van der Waals surface area contributed by atoms with Crippen LogP contribution in [-0.2, 0) is 12.4 Å². The van der Waals surface area contributed by atoms with Crippen molar-refractivity contribution in [3.05, 3.63) is 24.3 Å². The molecule has 0 bridgehead atoms. The Morgan fingerprint density at radius 2 is 2.22 bits per heavy atom. The van der Waals surface area contributed by atoms with Crippen LogP contribution in [0.25, 0.3) is 11.0 Å². The standard InChI is InChI=1S/C13H19ClN4/c1-10(2)17(3)6-7-18-12-4-5-15-9-11(12)16-13(18)8-14/h4-5,9-10H,6-8H2,1-3H3. The van der Waals surface area contributed by atoms with Crippen LogP contribution in [0.4, 0.5) is 0 Å². The molecule has 0 N–H and O–H groups in total. The van der Waals surface area contributed by atoms with Gasteiger partial charge in [-0.3, -0.25) is 4.98 Å². The van der Waals surface area contributed by atoms with Gasteiger partial charge in [0.2, 0.25) is 0 Å². The molecule has 0 aliphatic heterocycles. The summed E-state index contributed by atoms with van der Waals surface area (Å²) in [6, 6.07) is 2.54. The molecule has 0 spiro atoms. The predicted octanol–water partition coefficient (Wildman–Crippen LogP) is 2.51. The number of hydrogen-bond donors (Lipinski definition) is 0. The van der Waals surface area contributed by atoms with Gasteiger partial charge in [-0.25, -0.2) is 4.98 Å². The number of fused-ring (bicyclic) bond motifs is 1. The maximum absolute atomic E-state index is 5.96. The largest absolute Gasteiger partial charge is 0.326 e. The van der Waals surface area contributed by atoms with E-state index in [-0.39, 0.29) is 0 Å². The molecule has 18 heavy (non-hydrogen) atoms. The van der Waals surface area contributed by atoms with Crippen LogP contribution >= 0.6 is 11.6 Å². The third-order valence-electron chi connectivity index (χ3n) is 3.31. The van der Waals surface area contributed by atoms with Gasteiger partial charge in [0.15, 0.2) is 0 Å². The SMILES string of the molecule is CC(C)N(C)CCn1c(CCl)nc2cnccc21. The zero-order chi connectivity index (χ0) is 13.1. The van der Waals surface area contributed by atoms with Crippen LogP contribution in [-0.4, -0.2) is 39.1 Å². The average Bonchev–Trinajstić information content (AvgIpc) is 2.73. The fourth-order valence-corrected chi connectivity index (χ4v) is 2.10. The molecule has 2 aromatic heterocycles. The average molecular weight is 267 g/mol. The molecule has 0 radical (unpaired) electrons. The second-order valence-electron chi connectivity index (χ2n) is 4.75. The maximum atomic E-state index is 5.96. The molecule has 2 rings (SSSR count). The van der Waals surface area contributed by atoms with Gasteiger partial charge >= 0.3 is 0 Å². The Hall–Kier alpha value is -1.13. The second kappa shape index (κ2) is 5.67. The Kier molecular flexibility index (Phi) is 4.19. The maximum Gasteiger partial charge on any atom is 0.124 e. The van der Waals surface area contributed by atoms with Gasteiger partial charge in [0.05, 0.1) is 17.6 Å². The number of rotatable bonds is 5. The minimum Gasteiger partial charge on any atom is -0.326 e. The Balaban J connectivity index is 2.25. The monoisotopic (exact) mass is 266 g/mol. The molecule has 0 aromatic carbocycles. The summed E-state index contributed by atoms with van der Waals surface area (Å²) >= 11 is 5.96. The van der Waals surface area contributed by atoms with Crippen molar-refractivity contribution >= 4 is 22.6 Å². The molecule has 2 heterocycles. The van der Waals surface area contributed by atoms with E-state index in [1.165, 1.54) is 0 Å². The number of pyridine rings is 1. The van der Waals surface area contributed by atoms with Crippen molar-refractivity contribution in [3.63, 3.8) is 0 Å². The van der Waals surface area contributed by atoms with Crippen LogP contribution in [0.3, 0.4) is 0 Å². The lowest BCUT2D eigenvalue weighted by molar-refractivity contribution is 0.263. The van der Waals surface area contributed by atoms with Crippen LogP contribution in [0, 0.1) is 0 Å². The molecule has 4 nitrogen and oxygen atoms in total. The number of imidazole rings is 1. The van der Waals surface area contributed by atoms with Gasteiger partial charge < -0.3 is 9.47 Å². The van der Waals surface area contributed by atoms with E-state index >= 15 is 0 Å². The topological polar surface area (TPSA) is 34.0 Å². The first-order valence-corrected chi connectivity index (χ1v) is 6.72. The Morgan fingerprint density at radius 3 is 2.89 bits per heavy atom. The van der Waals surface area contributed by atoms with Gasteiger partial charge in [-0.2, -0.15) is 0 Å². The summed E-state index contributed by atoms with van der Waals surface area (Å²) in [7, 11) is 2.13. The van der Waals surface area contributed by atoms with Crippen molar-refractivity contribution < 1.29 is 0 Å². The number of aromatic nitrogens is 3. The van der Waals surface area contributed by atoms with Crippen molar-refractivity contribution in [2.45, 2.75) is 32.3 Å². The minimum atomic E-state index is 0.431. The highest BCUT2D eigenvalue weighted by atomic mass is 35.5. The fourth-order valence-electron chi connectivity index (χ4n) is 1.90. The van der Waals surface area contributed by atoms with E-state index in [0.29, 0.717) is 11.9 Å². The number of likely N-dealkylation sites (N-methyl/N-ethyl adjacent to an activating group) is 1. The molecule has 0 unspecified atom stereocenters. The van der Waals surface area contributed by atoms with Crippen molar-refractivity contribution in [3.8, 4) is 0 Å². The third-order valence-corrected chi connectivity index (χ3v) is 3.55. The van der Waals surface area contributed by atoms with E-state index in [9.17, 15) is 0 Å². The highest BCUT2D eigenvalue weighted by Gasteiger charge is 2.11. The number of nitrogens with zero attached hydrogens (tertiary/aromatic N) is 4. The summed E-state index contributed by atoms with van der Waals surface area (Å²) in [5, 5.41) is 0. The zero-order valence-electron chi connectivity index (χ0n) is 11.1. The molecule has 0 aliphatic rings. The van der Waals surface area contributed by atoms with Crippen LogP contribution in [0.15, 0.2) is 18.5 Å². The number of hydrogen-bond acceptors (Lipinski definition) is 3. The van der Waals surface area contributed by atoms with E-state index in [2.05, 4.69) is 40.3 Å². The molecule has 5 heteroatoms. The van der Waals surface area contributed by atoms with Crippen LogP contribution in [0.2, 0.25) is 0 Å². The molecule has 2 aromatic rings. The summed E-state index contributed by atoms with van der Waals surface area (Å²) < 4.78 is 2.18. The smallest absolute Gasteiger partial charge is 0.124 e. The molecule has 98 valence electrons. The summed E-state index contributed by atoms with van der Waals surface area (Å²) in [5.41, 5.74) is 2.03. The van der Waals surface area contributed by atoms with Gasteiger partial charge in [0.1, 0.15) is 11.3 Å². The van der Waals surface area contributed by atoms with Crippen LogP contribution in [0.5, 0.6) is 0 Å². The van der Waals surface area contributed by atoms with Crippen LogP contribution < -0.4 is 0 Å². The lowest BCUT2D eigenvalue weighted by Gasteiger charge is -2.21. The predicted molar refractivity (Wildman–Crippen MR) is 74.9 cm³/mol. The molecule has 0 atom stereocenters. The minimum absolute atomic E-state index is 0.431. The fraction of sp³-hybridized carbons (Fsp3) is 0.538. The molecular weight excluding hydrogens is 248 g/mol. The molecule has 0 saturated heterocycles. The number of alkyl halides is 1. The van der Waals surface area contributed by atoms with Gasteiger partial charge in [-0.15, -0.1) is 11.6 Å². The van der Waals surface area contributed by atoms with Crippen molar-refractivity contribution in [2.75, 3.05) is 13.6 Å². The second-order valence-corrected chi connectivity index (χ2v) is 5.02. The summed E-state index contributed by atoms with van der Waals surface area (Å²) in [5.74, 6) is 1.34. The Labute approximate surface area is 113 Å². The normalized spacial score (nSPS) is 11.9. The van der Waals surface area contributed by atoms with E-state index in [1.807, 2.05) is 6.07 Å². The first kappa shape index (κ1) is 13.3.